The highest BCUT2D eigenvalue weighted by Crippen LogP contribution is 2.26. The van der Waals surface area contributed by atoms with Crippen LogP contribution in [0.3, 0.4) is 0 Å². The minimum absolute atomic E-state index is 0.176. The van der Waals surface area contributed by atoms with Crippen LogP contribution in [0.25, 0.3) is 12.2 Å². The van der Waals surface area contributed by atoms with Gasteiger partial charge >= 0.3 is 0 Å². The zero-order valence-electron chi connectivity index (χ0n) is 12.8. The van der Waals surface area contributed by atoms with E-state index in [0.717, 1.165) is 41.2 Å². The van der Waals surface area contributed by atoms with Crippen molar-refractivity contribution in [2.24, 2.45) is 5.73 Å². The molecule has 2 N–H and O–H groups in total. The fraction of sp³-hybridized carbons (Fsp3) is 0.211. The average molecular weight is 327 g/mol. The first kappa shape index (κ1) is 15.6. The zero-order chi connectivity index (χ0) is 16.2. The van der Waals surface area contributed by atoms with Gasteiger partial charge < -0.3 is 10.6 Å². The summed E-state index contributed by atoms with van der Waals surface area (Å²) in [7, 11) is 0. The monoisotopic (exact) mass is 326 g/mol. The van der Waals surface area contributed by atoms with Crippen molar-refractivity contribution in [3.8, 4) is 0 Å². The molecule has 1 aliphatic rings. The number of primary amides is 1. The van der Waals surface area contributed by atoms with Gasteiger partial charge in [0, 0.05) is 17.3 Å². The van der Waals surface area contributed by atoms with E-state index < -0.39 is 0 Å². The molecule has 1 aliphatic heterocycles. The molecule has 23 heavy (non-hydrogen) atoms. The van der Waals surface area contributed by atoms with Crippen molar-refractivity contribution in [1.82, 2.24) is 0 Å². The van der Waals surface area contributed by atoms with Gasteiger partial charge in [-0.2, -0.15) is 0 Å². The lowest BCUT2D eigenvalue weighted by Crippen LogP contribution is -2.40. The van der Waals surface area contributed by atoms with E-state index >= 15 is 0 Å². The molecule has 1 amide bonds. The molecule has 0 aliphatic carbocycles. The lowest BCUT2D eigenvalue weighted by Gasteiger charge is -2.24. The number of benzene rings is 2. The minimum Gasteiger partial charge on any atom is -0.368 e. The third-order valence-corrected chi connectivity index (χ3v) is 4.40. The number of rotatable bonds is 4. The van der Waals surface area contributed by atoms with E-state index in [1.165, 1.54) is 0 Å². The number of hydrogen-bond donors (Lipinski definition) is 1. The first-order valence-corrected chi connectivity index (χ1v) is 8.11. The Morgan fingerprint density at radius 3 is 2.17 bits per heavy atom. The van der Waals surface area contributed by atoms with Crippen molar-refractivity contribution >= 4 is 35.3 Å². The molecule has 3 nitrogen and oxygen atoms in total. The second kappa shape index (κ2) is 6.88. The lowest BCUT2D eigenvalue weighted by molar-refractivity contribution is -0.119. The summed E-state index contributed by atoms with van der Waals surface area (Å²) in [5, 5.41) is 0.737. The number of amides is 1. The van der Waals surface area contributed by atoms with E-state index in [1.807, 2.05) is 42.5 Å². The largest absolute Gasteiger partial charge is 0.368 e. The third kappa shape index (κ3) is 3.74. The van der Waals surface area contributed by atoms with Crippen molar-refractivity contribution in [2.45, 2.75) is 18.9 Å². The van der Waals surface area contributed by atoms with Crippen LogP contribution in [-0.4, -0.2) is 18.5 Å². The number of anilines is 1. The molecular formula is C19H19ClN2O. The predicted molar refractivity (Wildman–Crippen MR) is 96.4 cm³/mol. The van der Waals surface area contributed by atoms with E-state index in [1.54, 1.807) is 0 Å². The van der Waals surface area contributed by atoms with Crippen LogP contribution in [0.1, 0.15) is 24.0 Å². The molecule has 0 saturated carbocycles. The molecule has 0 bridgehead atoms. The third-order valence-electron chi connectivity index (χ3n) is 4.14. The van der Waals surface area contributed by atoms with Crippen LogP contribution in [0.4, 0.5) is 5.69 Å². The Labute approximate surface area is 141 Å². The summed E-state index contributed by atoms with van der Waals surface area (Å²) in [6.07, 6.45) is 5.95. The molecule has 1 fully saturated rings. The van der Waals surface area contributed by atoms with E-state index in [9.17, 15) is 4.79 Å². The second-order valence-corrected chi connectivity index (χ2v) is 6.17. The van der Waals surface area contributed by atoms with Gasteiger partial charge in [0.25, 0.3) is 0 Å². The van der Waals surface area contributed by atoms with Gasteiger partial charge in [0.2, 0.25) is 5.91 Å². The normalized spacial score (nSPS) is 17.8. The molecule has 0 radical (unpaired) electrons. The van der Waals surface area contributed by atoms with Gasteiger partial charge in [-0.15, -0.1) is 0 Å². The quantitative estimate of drug-likeness (QED) is 0.864. The Hall–Kier alpha value is -2.26. The van der Waals surface area contributed by atoms with Crippen molar-refractivity contribution < 1.29 is 4.79 Å². The molecule has 4 heteroatoms. The summed E-state index contributed by atoms with van der Waals surface area (Å²) in [6.45, 7) is 0.883. The van der Waals surface area contributed by atoms with Crippen LogP contribution in [0.15, 0.2) is 48.5 Å². The van der Waals surface area contributed by atoms with Crippen LogP contribution < -0.4 is 10.6 Å². The number of carbonyl (C=O) groups excluding carboxylic acids is 1. The van der Waals surface area contributed by atoms with Gasteiger partial charge in [0.15, 0.2) is 0 Å². The minimum atomic E-state index is -0.241. The number of nitrogens with two attached hydrogens (primary N) is 1. The average Bonchev–Trinajstić information content (AvgIpc) is 3.05. The molecule has 1 saturated heterocycles. The maximum Gasteiger partial charge on any atom is 0.240 e. The molecular weight excluding hydrogens is 308 g/mol. The summed E-state index contributed by atoms with van der Waals surface area (Å²) in [5.74, 6) is -0.241. The first-order chi connectivity index (χ1) is 11.1. The fourth-order valence-electron chi connectivity index (χ4n) is 2.91. The van der Waals surface area contributed by atoms with Crippen molar-refractivity contribution in [1.29, 1.82) is 0 Å². The number of hydrogen-bond acceptors (Lipinski definition) is 2. The second-order valence-electron chi connectivity index (χ2n) is 5.73. The molecule has 0 spiro atoms. The Balaban J connectivity index is 1.72. The highest BCUT2D eigenvalue weighted by atomic mass is 35.5. The maximum absolute atomic E-state index is 11.5. The lowest BCUT2D eigenvalue weighted by atomic mass is 10.1. The Morgan fingerprint density at radius 2 is 1.61 bits per heavy atom. The molecule has 2 aromatic rings. The topological polar surface area (TPSA) is 46.3 Å². The van der Waals surface area contributed by atoms with Gasteiger partial charge in [-0.25, -0.2) is 0 Å². The maximum atomic E-state index is 11.5. The van der Waals surface area contributed by atoms with E-state index in [0.29, 0.717) is 0 Å². The standard InChI is InChI=1S/C19H19ClN2O/c20-16-9-5-14(6-10-16)3-4-15-7-11-17(12-8-15)22-13-1-2-18(22)19(21)23/h3-12,18H,1-2,13H2,(H2,21,23)/b4-3+/t18-/m1/s1. The molecule has 0 aromatic heterocycles. The molecule has 1 atom stereocenters. The van der Waals surface area contributed by atoms with Gasteiger partial charge in [0.1, 0.15) is 6.04 Å². The van der Waals surface area contributed by atoms with Gasteiger partial charge in [-0.3, -0.25) is 4.79 Å². The van der Waals surface area contributed by atoms with Gasteiger partial charge in [-0.05, 0) is 48.2 Å². The van der Waals surface area contributed by atoms with Crippen molar-refractivity contribution in [3.63, 3.8) is 0 Å². The van der Waals surface area contributed by atoms with Crippen LogP contribution >= 0.6 is 11.6 Å². The first-order valence-electron chi connectivity index (χ1n) is 7.73. The summed E-state index contributed by atoms with van der Waals surface area (Å²) >= 11 is 5.88. The molecule has 1 heterocycles. The summed E-state index contributed by atoms with van der Waals surface area (Å²) in [6, 6.07) is 15.7. The Kier molecular flexibility index (Phi) is 4.68. The number of nitrogens with zero attached hydrogens (tertiary/aromatic N) is 1. The molecule has 3 rings (SSSR count). The van der Waals surface area contributed by atoms with Gasteiger partial charge in [-0.1, -0.05) is 48.0 Å². The van der Waals surface area contributed by atoms with E-state index in [-0.39, 0.29) is 11.9 Å². The fourth-order valence-corrected chi connectivity index (χ4v) is 3.04. The summed E-state index contributed by atoms with van der Waals surface area (Å²) < 4.78 is 0. The highest BCUT2D eigenvalue weighted by molar-refractivity contribution is 6.30. The van der Waals surface area contributed by atoms with E-state index in [4.69, 9.17) is 17.3 Å². The number of halogens is 1. The van der Waals surface area contributed by atoms with E-state index in [2.05, 4.69) is 23.1 Å². The predicted octanol–water partition coefficient (Wildman–Crippen LogP) is 3.96. The highest BCUT2D eigenvalue weighted by Gasteiger charge is 2.28. The number of carbonyl (C=O) groups is 1. The molecule has 0 unspecified atom stereocenters. The smallest absolute Gasteiger partial charge is 0.240 e. The zero-order valence-corrected chi connectivity index (χ0v) is 13.5. The van der Waals surface area contributed by atoms with Crippen molar-refractivity contribution in [3.05, 3.63) is 64.7 Å². The summed E-state index contributed by atoms with van der Waals surface area (Å²) in [5.41, 5.74) is 8.74. The van der Waals surface area contributed by atoms with Crippen LogP contribution in [0, 0.1) is 0 Å². The van der Waals surface area contributed by atoms with Gasteiger partial charge in [0.05, 0.1) is 0 Å². The van der Waals surface area contributed by atoms with Crippen molar-refractivity contribution in [2.75, 3.05) is 11.4 Å². The molecule has 118 valence electrons. The van der Waals surface area contributed by atoms with Crippen LogP contribution in [0.2, 0.25) is 5.02 Å². The summed E-state index contributed by atoms with van der Waals surface area (Å²) in [4.78, 5) is 13.6. The SMILES string of the molecule is NC(=O)[C@H]1CCCN1c1ccc(/C=C/c2ccc(Cl)cc2)cc1. The van der Waals surface area contributed by atoms with Crippen LogP contribution in [-0.2, 0) is 4.79 Å². The Morgan fingerprint density at radius 1 is 1.04 bits per heavy atom. The Bertz CT molecular complexity index is 707. The molecule has 2 aromatic carbocycles. The van der Waals surface area contributed by atoms with Crippen LogP contribution in [0.5, 0.6) is 0 Å².